The second-order valence-corrected chi connectivity index (χ2v) is 9.71. The predicted octanol–water partition coefficient (Wildman–Crippen LogP) is 2.32. The number of carbonyl (C=O) groups is 2. The number of alkyl halides is 1. The van der Waals surface area contributed by atoms with Gasteiger partial charge in [0.15, 0.2) is 17.0 Å². The number of oxime groups is 1. The number of hydrogen-bond acceptors (Lipinski definition) is 7. The van der Waals surface area contributed by atoms with Crippen molar-refractivity contribution in [2.24, 2.45) is 5.16 Å². The Hall–Kier alpha value is -4.03. The van der Waals surface area contributed by atoms with E-state index < -0.39 is 82.4 Å². The fourth-order valence-corrected chi connectivity index (χ4v) is 5.41. The number of carbonyl (C=O) groups excluding carboxylic acids is 2. The molecule has 10 nitrogen and oxygen atoms in total. The molecule has 1 aromatic carbocycles. The minimum atomic E-state index is -1.15. The van der Waals surface area contributed by atoms with Crippen molar-refractivity contribution in [1.82, 2.24) is 14.8 Å². The van der Waals surface area contributed by atoms with Gasteiger partial charge in [-0.1, -0.05) is 5.16 Å². The third-order valence-electron chi connectivity index (χ3n) is 7.48. The number of rotatable bonds is 4. The molecule has 2 aromatic rings. The maximum atomic E-state index is 14.2. The van der Waals surface area contributed by atoms with E-state index >= 15 is 0 Å². The fourth-order valence-electron chi connectivity index (χ4n) is 5.41. The summed E-state index contributed by atoms with van der Waals surface area (Å²) in [4.78, 5) is 46.3. The second-order valence-electron chi connectivity index (χ2n) is 9.71. The highest BCUT2D eigenvalue weighted by atomic mass is 19.1. The first-order valence-corrected chi connectivity index (χ1v) is 12.0. The number of aromatic hydroxyl groups is 1. The molecule has 3 aliphatic rings. The van der Waals surface area contributed by atoms with E-state index in [1.165, 1.54) is 23.5 Å². The SMILES string of the molecule is COC1=NO[C@@]2(CC[C@H](CF)N3C[C@H]2n2cc(C(=O)NCc4c(F)cc(C)cc4F)c(=O)c(O)c2C3=O)C1. The highest BCUT2D eigenvalue weighted by Crippen LogP contribution is 2.46. The van der Waals surface area contributed by atoms with Gasteiger partial charge in [0.05, 0.1) is 25.6 Å². The van der Waals surface area contributed by atoms with Crippen molar-refractivity contribution in [2.45, 2.75) is 50.4 Å². The van der Waals surface area contributed by atoms with Crippen LogP contribution >= 0.6 is 0 Å². The summed E-state index contributed by atoms with van der Waals surface area (Å²) in [6.07, 6.45) is 1.78. The lowest BCUT2D eigenvalue weighted by Crippen LogP contribution is -2.53. The van der Waals surface area contributed by atoms with E-state index in [0.717, 1.165) is 18.3 Å². The Kier molecular flexibility index (Phi) is 6.32. The molecule has 4 heterocycles. The zero-order valence-electron chi connectivity index (χ0n) is 20.6. The van der Waals surface area contributed by atoms with Crippen LogP contribution in [0.5, 0.6) is 5.75 Å². The molecule has 3 atom stereocenters. The van der Waals surface area contributed by atoms with E-state index in [4.69, 9.17) is 9.57 Å². The van der Waals surface area contributed by atoms with Crippen LogP contribution in [-0.4, -0.2) is 64.3 Å². The number of nitrogens with zero attached hydrogens (tertiary/aromatic N) is 3. The lowest BCUT2D eigenvalue weighted by Gasteiger charge is -2.41. The van der Waals surface area contributed by atoms with E-state index in [1.54, 1.807) is 0 Å². The van der Waals surface area contributed by atoms with Crippen LogP contribution in [0, 0.1) is 18.6 Å². The Bertz CT molecular complexity index is 1400. The van der Waals surface area contributed by atoms with Crippen molar-refractivity contribution in [3.8, 4) is 5.75 Å². The van der Waals surface area contributed by atoms with E-state index in [1.807, 2.05) is 0 Å². The summed E-state index contributed by atoms with van der Waals surface area (Å²) in [7, 11) is 1.41. The number of pyridine rings is 1. The molecule has 38 heavy (non-hydrogen) atoms. The molecule has 5 rings (SSSR count). The summed E-state index contributed by atoms with van der Waals surface area (Å²) in [5.74, 6) is -4.23. The number of amides is 2. The predicted molar refractivity (Wildman–Crippen MR) is 127 cm³/mol. The first kappa shape index (κ1) is 25.6. The van der Waals surface area contributed by atoms with Gasteiger partial charge in [0, 0.05) is 24.8 Å². The number of methoxy groups -OCH3 is 1. The molecule has 2 N–H and O–H groups in total. The minimum Gasteiger partial charge on any atom is -0.503 e. The standard InChI is InChI=1S/C25H25F3N4O6/c1-12-5-16(27)14(17(28)6-12)9-29-23(35)15-10-32-18-11-31(24(36)20(32)22(34)21(15)33)13(8-26)3-4-25(18)7-19(37-2)30-38-25/h5-6,10,13,18,34H,3-4,7-9,11H2,1-2H3,(H,29,35)/t13-,18-,25+/m1/s1. The van der Waals surface area contributed by atoms with Crippen molar-refractivity contribution >= 4 is 17.7 Å². The van der Waals surface area contributed by atoms with Crippen molar-refractivity contribution in [3.05, 3.63) is 62.6 Å². The molecule has 1 fully saturated rings. The van der Waals surface area contributed by atoms with Gasteiger partial charge in [-0.3, -0.25) is 14.4 Å². The third kappa shape index (κ3) is 3.96. The summed E-state index contributed by atoms with van der Waals surface area (Å²) in [5, 5.41) is 17.1. The fraction of sp³-hybridized carbons (Fsp3) is 0.440. The number of aromatic nitrogens is 1. The molecule has 13 heteroatoms. The van der Waals surface area contributed by atoms with Gasteiger partial charge in [0.2, 0.25) is 11.3 Å². The summed E-state index contributed by atoms with van der Waals surface area (Å²) < 4.78 is 48.9. The number of nitrogens with one attached hydrogen (secondary N) is 1. The summed E-state index contributed by atoms with van der Waals surface area (Å²) in [6.45, 7) is 0.0733. The van der Waals surface area contributed by atoms with Gasteiger partial charge in [-0.2, -0.15) is 0 Å². The summed E-state index contributed by atoms with van der Waals surface area (Å²) >= 11 is 0. The maximum Gasteiger partial charge on any atom is 0.274 e. The monoisotopic (exact) mass is 534 g/mol. The maximum absolute atomic E-state index is 14.2. The number of ether oxygens (including phenoxy) is 1. The number of fused-ring (bicyclic) bond motifs is 5. The smallest absolute Gasteiger partial charge is 0.274 e. The first-order valence-electron chi connectivity index (χ1n) is 12.0. The Morgan fingerprint density at radius 3 is 2.66 bits per heavy atom. The molecule has 1 aromatic heterocycles. The van der Waals surface area contributed by atoms with Gasteiger partial charge in [0.25, 0.3) is 11.8 Å². The van der Waals surface area contributed by atoms with Crippen LogP contribution in [0.3, 0.4) is 0 Å². The van der Waals surface area contributed by atoms with Crippen molar-refractivity contribution in [3.63, 3.8) is 0 Å². The highest BCUT2D eigenvalue weighted by molar-refractivity contribution is 5.99. The Morgan fingerprint density at radius 2 is 2.03 bits per heavy atom. The largest absolute Gasteiger partial charge is 0.503 e. The molecule has 1 saturated heterocycles. The van der Waals surface area contributed by atoms with Crippen LogP contribution in [0.25, 0.3) is 0 Å². The van der Waals surface area contributed by atoms with E-state index in [-0.39, 0.29) is 31.7 Å². The molecular formula is C25H25F3N4O6. The molecule has 0 radical (unpaired) electrons. The van der Waals surface area contributed by atoms with Crippen LogP contribution in [-0.2, 0) is 16.1 Å². The zero-order chi connectivity index (χ0) is 27.4. The van der Waals surface area contributed by atoms with Gasteiger partial charge in [0.1, 0.15) is 23.9 Å². The molecule has 2 amide bonds. The molecule has 3 aliphatic heterocycles. The molecule has 0 aliphatic carbocycles. The molecule has 202 valence electrons. The Labute approximate surface area is 214 Å². The van der Waals surface area contributed by atoms with E-state index in [2.05, 4.69) is 10.5 Å². The van der Waals surface area contributed by atoms with Crippen LogP contribution < -0.4 is 10.7 Å². The van der Waals surface area contributed by atoms with Crippen LogP contribution in [0.2, 0.25) is 0 Å². The van der Waals surface area contributed by atoms with Crippen molar-refractivity contribution in [1.29, 1.82) is 0 Å². The Morgan fingerprint density at radius 1 is 1.32 bits per heavy atom. The number of hydrogen-bond donors (Lipinski definition) is 2. The zero-order valence-corrected chi connectivity index (χ0v) is 20.6. The van der Waals surface area contributed by atoms with E-state index in [0.29, 0.717) is 5.56 Å². The van der Waals surface area contributed by atoms with Crippen LogP contribution in [0.1, 0.15) is 57.3 Å². The van der Waals surface area contributed by atoms with Gasteiger partial charge in [-0.15, -0.1) is 0 Å². The first-order chi connectivity index (χ1) is 18.1. The summed E-state index contributed by atoms with van der Waals surface area (Å²) in [5.41, 5.74) is -3.26. The van der Waals surface area contributed by atoms with Gasteiger partial charge < -0.3 is 29.5 Å². The number of aryl methyl sites for hydroxylation is 1. The van der Waals surface area contributed by atoms with Crippen LogP contribution in [0.15, 0.2) is 28.3 Å². The third-order valence-corrected chi connectivity index (χ3v) is 7.48. The number of halogens is 3. The van der Waals surface area contributed by atoms with Gasteiger partial charge in [-0.25, -0.2) is 13.2 Å². The average molecular weight is 534 g/mol. The molecule has 1 spiro atoms. The Balaban J connectivity index is 1.55. The number of benzene rings is 1. The molecule has 0 saturated carbocycles. The second kappa shape index (κ2) is 9.37. The van der Waals surface area contributed by atoms with E-state index in [9.17, 15) is 32.7 Å². The minimum absolute atomic E-state index is 0.0317. The quantitative estimate of drug-likeness (QED) is 0.621. The summed E-state index contributed by atoms with van der Waals surface area (Å²) in [6, 6.07) is 0.629. The van der Waals surface area contributed by atoms with Gasteiger partial charge in [-0.05, 0) is 37.5 Å². The van der Waals surface area contributed by atoms with Gasteiger partial charge >= 0.3 is 0 Å². The molecule has 0 unspecified atom stereocenters. The normalized spacial score (nSPS) is 24.0. The average Bonchev–Trinajstić information content (AvgIpc) is 3.24. The lowest BCUT2D eigenvalue weighted by molar-refractivity contribution is -0.0655. The highest BCUT2D eigenvalue weighted by Gasteiger charge is 2.55. The van der Waals surface area contributed by atoms with Crippen molar-refractivity contribution in [2.75, 3.05) is 20.3 Å². The molecular weight excluding hydrogens is 509 g/mol. The van der Waals surface area contributed by atoms with Crippen LogP contribution in [0.4, 0.5) is 13.2 Å². The van der Waals surface area contributed by atoms with Crippen molar-refractivity contribution < 1.29 is 37.4 Å². The lowest BCUT2D eigenvalue weighted by atomic mass is 9.85. The topological polar surface area (TPSA) is 122 Å². The molecule has 2 bridgehead atoms.